The summed E-state index contributed by atoms with van der Waals surface area (Å²) >= 11 is 1.67. The Morgan fingerprint density at radius 1 is 0.980 bits per heavy atom. The highest BCUT2D eigenvalue weighted by molar-refractivity contribution is 7.10. The number of benzene rings is 2. The molecule has 1 atom stereocenters. The van der Waals surface area contributed by atoms with Gasteiger partial charge in [0.05, 0.1) is 32.4 Å². The van der Waals surface area contributed by atoms with E-state index < -0.39 is 5.60 Å². The number of rotatable bonds is 16. The van der Waals surface area contributed by atoms with Gasteiger partial charge in [-0.05, 0) is 81.7 Å². The zero-order valence-electron chi connectivity index (χ0n) is 30.8. The third-order valence-electron chi connectivity index (χ3n) is 8.10. The molecule has 0 spiro atoms. The molecule has 0 bridgehead atoms. The molecule has 270 valence electrons. The van der Waals surface area contributed by atoms with Crippen molar-refractivity contribution in [2.24, 2.45) is 0 Å². The summed E-state index contributed by atoms with van der Waals surface area (Å²) in [6, 6.07) is 14.1. The minimum absolute atomic E-state index is 0.0203. The van der Waals surface area contributed by atoms with Crippen LogP contribution in [0, 0.1) is 6.92 Å². The smallest absolute Gasteiger partial charge is 0.410 e. The van der Waals surface area contributed by atoms with Crippen molar-refractivity contribution in [3.8, 4) is 22.6 Å². The molecule has 1 N–H and O–H groups in total. The van der Waals surface area contributed by atoms with Gasteiger partial charge < -0.3 is 24.4 Å². The lowest BCUT2D eigenvalue weighted by Crippen LogP contribution is -2.33. The second-order valence-electron chi connectivity index (χ2n) is 13.3. The second kappa shape index (κ2) is 17.5. The molecule has 0 saturated heterocycles. The molecule has 0 fully saturated rings. The molecule has 0 radical (unpaired) electrons. The Bertz CT molecular complexity index is 1750. The largest absolute Gasteiger partial charge is 0.493 e. The van der Waals surface area contributed by atoms with E-state index in [1.807, 2.05) is 58.0 Å². The fraction of sp³-hybridized carbons (Fsp3) is 0.474. The molecule has 4 aromatic rings. The lowest BCUT2D eigenvalue weighted by Gasteiger charge is -2.25. The zero-order chi connectivity index (χ0) is 36.4. The number of methoxy groups -OCH3 is 1. The number of carbonyl (C=O) groups is 2. The molecule has 2 amide bonds. The Morgan fingerprint density at radius 2 is 1.72 bits per heavy atom. The molecular weight excluding hydrogens is 655 g/mol. The number of aryl methyl sites for hydroxylation is 1. The third kappa shape index (κ3) is 10.5. The maximum absolute atomic E-state index is 12.6. The molecule has 0 aliphatic carbocycles. The van der Waals surface area contributed by atoms with Gasteiger partial charge in [-0.25, -0.2) is 19.8 Å². The number of unbranched alkanes of at least 4 members (excludes halogenated alkanes) is 3. The Morgan fingerprint density at radius 3 is 2.44 bits per heavy atom. The molecule has 12 heteroatoms. The fourth-order valence-electron chi connectivity index (χ4n) is 5.41. The van der Waals surface area contributed by atoms with E-state index in [1.165, 1.54) is 12.2 Å². The van der Waals surface area contributed by atoms with Gasteiger partial charge in [0.1, 0.15) is 17.2 Å². The van der Waals surface area contributed by atoms with E-state index in [-0.39, 0.29) is 18.0 Å². The van der Waals surface area contributed by atoms with Gasteiger partial charge >= 0.3 is 6.09 Å². The average Bonchev–Trinajstić information content (AvgIpc) is 3.57. The van der Waals surface area contributed by atoms with E-state index >= 15 is 0 Å². The normalized spacial score (nSPS) is 12.0. The van der Waals surface area contributed by atoms with Crippen molar-refractivity contribution in [3.63, 3.8) is 0 Å². The molecule has 0 aliphatic rings. The predicted octanol–water partition coefficient (Wildman–Crippen LogP) is 8.56. The monoisotopic (exact) mass is 705 g/mol. The van der Waals surface area contributed by atoms with Crippen LogP contribution in [0.25, 0.3) is 22.0 Å². The summed E-state index contributed by atoms with van der Waals surface area (Å²) in [6.45, 7) is 10.5. The SMILES string of the molecule is COc1cc2c(N[C@H](C)c3cc(-c4ccccc4CN(C)C(=O)OC(C)(C)C)cs3)nc(C)nc2cc1OCCCCCCC(=O)N(C)OC. The van der Waals surface area contributed by atoms with Crippen molar-refractivity contribution in [2.75, 3.05) is 40.2 Å². The number of amides is 2. The van der Waals surface area contributed by atoms with Crippen LogP contribution >= 0.6 is 11.3 Å². The lowest BCUT2D eigenvalue weighted by molar-refractivity contribution is -0.168. The average molecular weight is 706 g/mol. The van der Waals surface area contributed by atoms with Crippen LogP contribution in [0.5, 0.6) is 11.5 Å². The predicted molar refractivity (Wildman–Crippen MR) is 199 cm³/mol. The summed E-state index contributed by atoms with van der Waals surface area (Å²) in [6.07, 6.45) is 3.66. The number of thiophene rings is 1. The summed E-state index contributed by atoms with van der Waals surface area (Å²) in [5.74, 6) is 2.58. The first-order valence-electron chi connectivity index (χ1n) is 17.0. The second-order valence-corrected chi connectivity index (χ2v) is 14.3. The minimum atomic E-state index is -0.557. The van der Waals surface area contributed by atoms with Crippen molar-refractivity contribution in [3.05, 3.63) is 64.1 Å². The van der Waals surface area contributed by atoms with Gasteiger partial charge in [0, 0.05) is 43.4 Å². The van der Waals surface area contributed by atoms with Gasteiger partial charge in [-0.1, -0.05) is 37.1 Å². The van der Waals surface area contributed by atoms with Gasteiger partial charge in [-0.3, -0.25) is 9.63 Å². The Balaban J connectivity index is 1.43. The molecule has 2 aromatic carbocycles. The lowest BCUT2D eigenvalue weighted by atomic mass is 10.0. The van der Waals surface area contributed by atoms with E-state index in [1.54, 1.807) is 37.4 Å². The summed E-state index contributed by atoms with van der Waals surface area (Å²) < 4.78 is 17.4. The molecule has 11 nitrogen and oxygen atoms in total. The van der Waals surface area contributed by atoms with Gasteiger partial charge in [0.2, 0.25) is 5.91 Å². The van der Waals surface area contributed by atoms with Crippen LogP contribution in [0.15, 0.2) is 47.8 Å². The van der Waals surface area contributed by atoms with Gasteiger partial charge in [-0.15, -0.1) is 11.3 Å². The number of nitrogens with zero attached hydrogens (tertiary/aromatic N) is 4. The highest BCUT2D eigenvalue weighted by atomic mass is 32.1. The van der Waals surface area contributed by atoms with E-state index in [0.29, 0.717) is 42.7 Å². The molecular formula is C38H51N5O6S. The van der Waals surface area contributed by atoms with Crippen molar-refractivity contribution >= 4 is 40.1 Å². The number of fused-ring (bicyclic) bond motifs is 1. The van der Waals surface area contributed by atoms with Crippen LogP contribution in [0.3, 0.4) is 0 Å². The van der Waals surface area contributed by atoms with Crippen molar-refractivity contribution in [2.45, 2.75) is 84.9 Å². The number of carbonyl (C=O) groups excluding carboxylic acids is 2. The van der Waals surface area contributed by atoms with Crippen molar-refractivity contribution in [1.82, 2.24) is 19.9 Å². The van der Waals surface area contributed by atoms with Crippen molar-refractivity contribution in [1.29, 1.82) is 0 Å². The maximum atomic E-state index is 12.6. The topological polar surface area (TPSA) is 115 Å². The Kier molecular flexibility index (Phi) is 13.4. The van der Waals surface area contributed by atoms with Crippen molar-refractivity contribution < 1.29 is 28.6 Å². The van der Waals surface area contributed by atoms with Gasteiger partial charge in [0.25, 0.3) is 0 Å². The minimum Gasteiger partial charge on any atom is -0.493 e. The molecule has 2 heterocycles. The molecule has 2 aromatic heterocycles. The quantitative estimate of drug-likeness (QED) is 0.0904. The van der Waals surface area contributed by atoms with Crippen LogP contribution in [0.4, 0.5) is 10.6 Å². The summed E-state index contributed by atoms with van der Waals surface area (Å²) in [4.78, 5) is 41.7. The molecule has 0 saturated carbocycles. The van der Waals surface area contributed by atoms with Crippen LogP contribution in [0.1, 0.15) is 82.1 Å². The number of nitrogens with one attached hydrogen (secondary N) is 1. The third-order valence-corrected chi connectivity index (χ3v) is 9.22. The molecule has 0 aliphatic heterocycles. The number of hydroxylamine groups is 2. The standard InChI is InChI=1S/C38H51N5O6S/c1-25(34-20-28(24-50-34)29-17-14-13-16-27(29)23-42(6)37(45)49-38(3,4)5)39-36-30-21-32(46-8)33(22-31(30)40-26(2)41-36)48-19-15-11-10-12-18-35(44)43(7)47-9/h13-14,16-17,20-22,24-25H,10-12,15,18-19,23H2,1-9H3,(H,39,40,41)/t25-/m1/s1. The first-order chi connectivity index (χ1) is 23.8. The molecule has 50 heavy (non-hydrogen) atoms. The number of ether oxygens (including phenoxy) is 3. The first-order valence-corrected chi connectivity index (χ1v) is 17.8. The number of anilines is 1. The number of hydrogen-bond donors (Lipinski definition) is 1. The van der Waals surface area contributed by atoms with Gasteiger partial charge in [0.15, 0.2) is 11.5 Å². The summed E-state index contributed by atoms with van der Waals surface area (Å²) in [5.41, 5.74) is 3.40. The Hall–Kier alpha value is -4.42. The highest BCUT2D eigenvalue weighted by Crippen LogP contribution is 2.37. The Labute approximate surface area is 299 Å². The molecule has 4 rings (SSSR count). The fourth-order valence-corrected chi connectivity index (χ4v) is 6.32. The van der Waals surface area contributed by atoms with E-state index in [2.05, 4.69) is 29.8 Å². The van der Waals surface area contributed by atoms with Crippen LogP contribution < -0.4 is 14.8 Å². The molecule has 0 unspecified atom stereocenters. The van der Waals surface area contributed by atoms with E-state index in [4.69, 9.17) is 29.0 Å². The highest BCUT2D eigenvalue weighted by Gasteiger charge is 2.21. The number of aromatic nitrogens is 2. The maximum Gasteiger partial charge on any atom is 0.410 e. The van der Waals surface area contributed by atoms with Gasteiger partial charge in [-0.2, -0.15) is 0 Å². The van der Waals surface area contributed by atoms with E-state index in [9.17, 15) is 9.59 Å². The first kappa shape index (κ1) is 38.4. The van der Waals surface area contributed by atoms with Crippen LogP contribution in [-0.4, -0.2) is 72.5 Å². The summed E-state index contributed by atoms with van der Waals surface area (Å²) in [5, 5.41) is 7.86. The van der Waals surface area contributed by atoms with Crippen LogP contribution in [-0.2, 0) is 20.9 Å². The van der Waals surface area contributed by atoms with Crippen LogP contribution in [0.2, 0.25) is 0 Å². The van der Waals surface area contributed by atoms with E-state index in [0.717, 1.165) is 58.2 Å². The number of hydrogen-bond acceptors (Lipinski definition) is 10. The summed E-state index contributed by atoms with van der Waals surface area (Å²) in [7, 11) is 6.50. The zero-order valence-corrected chi connectivity index (χ0v) is 31.6.